The number of amides is 1. The molecule has 2 saturated heterocycles. The van der Waals surface area contributed by atoms with Crippen LogP contribution in [0.1, 0.15) is 32.6 Å². The molecule has 2 fully saturated rings. The lowest BCUT2D eigenvalue weighted by Crippen LogP contribution is -2.51. The van der Waals surface area contributed by atoms with Gasteiger partial charge in [0.2, 0.25) is 5.91 Å². The zero-order valence-corrected chi connectivity index (χ0v) is 17.1. The zero-order valence-electron chi connectivity index (χ0n) is 15.5. The number of carbonyl (C=O) groups is 1. The van der Waals surface area contributed by atoms with E-state index in [0.29, 0.717) is 25.7 Å². The molecule has 1 atom stereocenters. The number of piperidine rings is 1. The molecule has 2 rings (SSSR count). The van der Waals surface area contributed by atoms with E-state index >= 15 is 0 Å². The summed E-state index contributed by atoms with van der Waals surface area (Å²) in [7, 11) is 1.91. The van der Waals surface area contributed by atoms with Crippen molar-refractivity contribution in [2.45, 2.75) is 38.7 Å². The molecule has 0 bridgehead atoms. The number of rotatable bonds is 6. The number of hydrogen-bond acceptors (Lipinski definition) is 5. The summed E-state index contributed by atoms with van der Waals surface area (Å²) in [4.78, 5) is 17.1. The fourth-order valence-corrected chi connectivity index (χ4v) is 3.87. The number of aliphatic hydroxyl groups is 1. The van der Waals surface area contributed by atoms with Gasteiger partial charge in [0.05, 0.1) is 11.5 Å². The fraction of sp³-hybridized carbons (Fsp3) is 0.941. The van der Waals surface area contributed by atoms with E-state index in [2.05, 4.69) is 4.90 Å². The van der Waals surface area contributed by atoms with Crippen molar-refractivity contribution >= 4 is 30.7 Å². The third kappa shape index (κ3) is 6.85. The number of hydrogen-bond donors (Lipinski definition) is 2. The summed E-state index contributed by atoms with van der Waals surface area (Å²) in [6.45, 7) is 7.08. The van der Waals surface area contributed by atoms with Crippen molar-refractivity contribution in [1.82, 2.24) is 9.80 Å². The maximum Gasteiger partial charge on any atom is 0.229 e. The zero-order chi connectivity index (χ0) is 16.9. The maximum absolute atomic E-state index is 12.9. The van der Waals surface area contributed by atoms with Crippen LogP contribution in [0.4, 0.5) is 0 Å². The second-order valence-electron chi connectivity index (χ2n) is 7.38. The Morgan fingerprint density at radius 1 is 1.32 bits per heavy atom. The number of nitrogens with zero attached hydrogens (tertiary/aromatic N) is 2. The molecule has 0 radical (unpaired) electrons. The molecule has 0 aromatic carbocycles. The Balaban J connectivity index is 0.00000288. The average Bonchev–Trinajstić information content (AvgIpc) is 2.56. The smallest absolute Gasteiger partial charge is 0.229 e. The molecule has 0 aromatic rings. The van der Waals surface area contributed by atoms with Gasteiger partial charge < -0.3 is 25.4 Å². The van der Waals surface area contributed by atoms with Crippen LogP contribution < -0.4 is 5.73 Å². The van der Waals surface area contributed by atoms with Crippen LogP contribution in [0.15, 0.2) is 0 Å². The summed E-state index contributed by atoms with van der Waals surface area (Å²) in [5.74, 6) is 0.735. The predicted molar refractivity (Wildman–Crippen MR) is 105 cm³/mol. The van der Waals surface area contributed by atoms with E-state index in [1.54, 1.807) is 0 Å². The topological polar surface area (TPSA) is 79.0 Å². The fourth-order valence-electron chi connectivity index (χ4n) is 3.87. The predicted octanol–water partition coefficient (Wildman–Crippen LogP) is 1.14. The van der Waals surface area contributed by atoms with E-state index < -0.39 is 5.41 Å². The number of β-amino-alcohol motifs (C(OH)–C–C–N with tert-alkyl or cyclic N) is 1. The number of likely N-dealkylation sites (tertiary alicyclic amines) is 1. The van der Waals surface area contributed by atoms with Gasteiger partial charge in [0.1, 0.15) is 0 Å². The average molecular weight is 400 g/mol. The minimum absolute atomic E-state index is 0. The first-order valence-corrected chi connectivity index (χ1v) is 8.90. The summed E-state index contributed by atoms with van der Waals surface area (Å²) < 4.78 is 5.40. The van der Waals surface area contributed by atoms with Crippen molar-refractivity contribution < 1.29 is 14.6 Å². The second-order valence-corrected chi connectivity index (χ2v) is 7.38. The Morgan fingerprint density at radius 3 is 2.36 bits per heavy atom. The van der Waals surface area contributed by atoms with Gasteiger partial charge in [0.15, 0.2) is 0 Å². The van der Waals surface area contributed by atoms with Crippen LogP contribution in [0.25, 0.3) is 0 Å². The molecule has 2 aliphatic rings. The quantitative estimate of drug-likeness (QED) is 0.699. The largest absolute Gasteiger partial charge is 0.392 e. The molecule has 0 aliphatic carbocycles. The first-order valence-electron chi connectivity index (χ1n) is 8.90. The highest BCUT2D eigenvalue weighted by Crippen LogP contribution is 2.32. The molecule has 0 aromatic heterocycles. The van der Waals surface area contributed by atoms with Gasteiger partial charge in [-0.15, -0.1) is 24.8 Å². The van der Waals surface area contributed by atoms with Crippen molar-refractivity contribution in [3.8, 4) is 0 Å². The first kappa shape index (κ1) is 24.9. The Hall–Kier alpha value is -0.110. The van der Waals surface area contributed by atoms with Gasteiger partial charge in [-0.05, 0) is 51.6 Å². The van der Waals surface area contributed by atoms with Crippen LogP contribution in [0.2, 0.25) is 0 Å². The molecule has 0 saturated carbocycles. The van der Waals surface area contributed by atoms with E-state index in [1.807, 2.05) is 18.9 Å². The lowest BCUT2D eigenvalue weighted by atomic mass is 9.78. The molecular formula is C17H35Cl2N3O3. The Kier molecular flexibility index (Phi) is 11.5. The molecule has 2 heterocycles. The van der Waals surface area contributed by atoms with Crippen LogP contribution in [-0.4, -0.2) is 79.9 Å². The van der Waals surface area contributed by atoms with Crippen molar-refractivity contribution in [2.24, 2.45) is 17.1 Å². The first-order chi connectivity index (χ1) is 11.0. The number of halogens is 2. The molecule has 3 N–H and O–H groups in total. The molecule has 0 spiro atoms. The van der Waals surface area contributed by atoms with Gasteiger partial charge in [-0.3, -0.25) is 4.79 Å². The highest BCUT2D eigenvalue weighted by atomic mass is 35.5. The van der Waals surface area contributed by atoms with E-state index in [9.17, 15) is 9.90 Å². The van der Waals surface area contributed by atoms with Gasteiger partial charge in [-0.2, -0.15) is 0 Å². The minimum Gasteiger partial charge on any atom is -0.392 e. The Morgan fingerprint density at radius 2 is 1.88 bits per heavy atom. The highest BCUT2D eigenvalue weighted by molar-refractivity contribution is 5.85. The SMILES string of the molecule is CC(O)CN1CCC(CN(C)C(=O)C2(CN)CCOCC2)CC1.Cl.Cl. The van der Waals surface area contributed by atoms with Crippen LogP contribution in [0.3, 0.4) is 0 Å². The highest BCUT2D eigenvalue weighted by Gasteiger charge is 2.41. The van der Waals surface area contributed by atoms with Crippen molar-refractivity contribution in [1.29, 1.82) is 0 Å². The third-order valence-electron chi connectivity index (χ3n) is 5.40. The molecule has 2 aliphatic heterocycles. The van der Waals surface area contributed by atoms with Crippen LogP contribution in [0.5, 0.6) is 0 Å². The Bertz CT molecular complexity index is 385. The van der Waals surface area contributed by atoms with Gasteiger partial charge in [-0.1, -0.05) is 0 Å². The van der Waals surface area contributed by atoms with Gasteiger partial charge in [-0.25, -0.2) is 0 Å². The summed E-state index contributed by atoms with van der Waals surface area (Å²) in [6, 6.07) is 0. The van der Waals surface area contributed by atoms with Crippen molar-refractivity contribution in [3.05, 3.63) is 0 Å². The molecular weight excluding hydrogens is 365 g/mol. The normalized spacial score (nSPS) is 22.4. The van der Waals surface area contributed by atoms with Crippen molar-refractivity contribution in [3.63, 3.8) is 0 Å². The number of carbonyl (C=O) groups excluding carboxylic acids is 1. The summed E-state index contributed by atoms with van der Waals surface area (Å²) >= 11 is 0. The molecule has 25 heavy (non-hydrogen) atoms. The molecule has 150 valence electrons. The lowest BCUT2D eigenvalue weighted by Gasteiger charge is -2.40. The van der Waals surface area contributed by atoms with Gasteiger partial charge in [0, 0.05) is 39.9 Å². The van der Waals surface area contributed by atoms with E-state index in [4.69, 9.17) is 10.5 Å². The van der Waals surface area contributed by atoms with Crippen LogP contribution >= 0.6 is 24.8 Å². The molecule has 1 unspecified atom stereocenters. The standard InChI is InChI=1S/C17H33N3O3.2ClH/c1-14(21)11-20-7-3-15(4-8-20)12-19(2)16(22)17(13-18)5-9-23-10-6-17;;/h14-15,21H,3-13,18H2,1-2H3;2*1H. The third-order valence-corrected chi connectivity index (χ3v) is 5.40. The van der Waals surface area contributed by atoms with E-state index in [1.165, 1.54) is 0 Å². The number of nitrogens with two attached hydrogens (primary N) is 1. The van der Waals surface area contributed by atoms with Gasteiger partial charge >= 0.3 is 0 Å². The summed E-state index contributed by atoms with van der Waals surface area (Å²) in [5.41, 5.74) is 5.52. The number of ether oxygens (including phenoxy) is 1. The van der Waals surface area contributed by atoms with Crippen LogP contribution in [0, 0.1) is 11.3 Å². The van der Waals surface area contributed by atoms with E-state index in [-0.39, 0.29) is 36.8 Å². The number of aliphatic hydroxyl groups excluding tert-OH is 1. The lowest BCUT2D eigenvalue weighted by molar-refractivity contribution is -0.146. The van der Waals surface area contributed by atoms with Crippen molar-refractivity contribution in [2.75, 3.05) is 53.0 Å². The maximum atomic E-state index is 12.9. The Labute approximate surface area is 164 Å². The second kappa shape index (κ2) is 11.6. The molecule has 8 heteroatoms. The summed E-state index contributed by atoms with van der Waals surface area (Å²) in [6.07, 6.45) is 3.37. The van der Waals surface area contributed by atoms with Gasteiger partial charge in [0.25, 0.3) is 0 Å². The monoisotopic (exact) mass is 399 g/mol. The van der Waals surface area contributed by atoms with E-state index in [0.717, 1.165) is 51.9 Å². The summed E-state index contributed by atoms with van der Waals surface area (Å²) in [5, 5.41) is 9.47. The molecule has 1 amide bonds. The minimum atomic E-state index is -0.417. The molecule has 6 nitrogen and oxygen atoms in total. The van der Waals surface area contributed by atoms with Crippen LogP contribution in [-0.2, 0) is 9.53 Å².